The molecule has 0 saturated carbocycles. The zero-order valence-corrected chi connectivity index (χ0v) is 29.3. The first kappa shape index (κ1) is 40.0. The Morgan fingerprint density at radius 2 is 1.47 bits per heavy atom. The van der Waals surface area contributed by atoms with Crippen LogP contribution in [0, 0.1) is 11.3 Å². The van der Waals surface area contributed by atoms with E-state index in [0.29, 0.717) is 0 Å². The van der Waals surface area contributed by atoms with Crippen molar-refractivity contribution in [2.45, 2.75) is 85.2 Å². The molecule has 0 saturated heterocycles. The van der Waals surface area contributed by atoms with E-state index in [1.807, 2.05) is 49.4 Å². The minimum absolute atomic E-state index is 0.0491. The Labute approximate surface area is 287 Å². The molecule has 0 aliphatic heterocycles. The smallest absolute Gasteiger partial charge is 0.407 e. The highest BCUT2D eigenvalue weighted by molar-refractivity contribution is 5.91. The van der Waals surface area contributed by atoms with E-state index in [9.17, 15) is 34.2 Å². The lowest BCUT2D eigenvalue weighted by atomic mass is 9.93. The fourth-order valence-corrected chi connectivity index (χ4v) is 4.15. The van der Waals surface area contributed by atoms with Gasteiger partial charge in [0.1, 0.15) is 17.5 Å². The predicted octanol–water partition coefficient (Wildman–Crippen LogP) is 5.71. The summed E-state index contributed by atoms with van der Waals surface area (Å²) in [6, 6.07) is 13.5. The van der Waals surface area contributed by atoms with Gasteiger partial charge in [-0.15, -0.1) is 0 Å². The van der Waals surface area contributed by atoms with Gasteiger partial charge in [0.05, 0.1) is 5.41 Å². The van der Waals surface area contributed by atoms with Crippen LogP contribution in [-0.4, -0.2) is 64.0 Å². The van der Waals surface area contributed by atoms with Gasteiger partial charge in [-0.2, -0.15) is 0 Å². The third-order valence-electron chi connectivity index (χ3n) is 7.10. The number of phenolic OH excluding ortho intramolecular Hbond substituents is 1. The molecule has 3 unspecified atom stereocenters. The maximum absolute atomic E-state index is 13.4. The number of nitrogens with one attached hydrogen (secondary N) is 2. The normalized spacial score (nSPS) is 14.0. The highest BCUT2D eigenvalue weighted by atomic mass is 16.6. The fraction of sp³-hybridized carbons (Fsp3) is 0.432. The van der Waals surface area contributed by atoms with Gasteiger partial charge in [0.25, 0.3) is 0 Å². The first-order valence-electron chi connectivity index (χ1n) is 15.8. The highest BCUT2D eigenvalue weighted by Gasteiger charge is 2.41. The van der Waals surface area contributed by atoms with Crippen LogP contribution in [0.2, 0.25) is 0 Å². The van der Waals surface area contributed by atoms with Crippen molar-refractivity contribution in [3.8, 4) is 5.75 Å². The van der Waals surface area contributed by atoms with Gasteiger partial charge in [0.2, 0.25) is 11.5 Å². The van der Waals surface area contributed by atoms with Gasteiger partial charge in [-0.05, 0) is 77.8 Å². The summed E-state index contributed by atoms with van der Waals surface area (Å²) in [4.78, 5) is 63.2. The van der Waals surface area contributed by atoms with Crippen molar-refractivity contribution < 1.29 is 48.4 Å². The molecular weight excluding hydrogens is 632 g/mol. The first-order valence-corrected chi connectivity index (χ1v) is 15.8. The van der Waals surface area contributed by atoms with Crippen LogP contribution in [0.25, 0.3) is 6.08 Å². The maximum atomic E-state index is 13.4. The number of carboxylic acids is 1. The molecule has 3 atom stereocenters. The van der Waals surface area contributed by atoms with Crippen LogP contribution in [0.4, 0.5) is 4.79 Å². The Balaban J connectivity index is 2.17. The van der Waals surface area contributed by atoms with E-state index < -0.39 is 58.7 Å². The molecule has 0 heterocycles. The summed E-state index contributed by atoms with van der Waals surface area (Å²) in [7, 11) is 0. The molecule has 49 heavy (non-hydrogen) atoms. The number of ether oxygens (including phenoxy) is 3. The molecule has 0 aliphatic carbocycles. The summed E-state index contributed by atoms with van der Waals surface area (Å²) in [5.74, 6) is -4.00. The summed E-state index contributed by atoms with van der Waals surface area (Å²) < 4.78 is 16.7. The Morgan fingerprint density at radius 3 is 2.04 bits per heavy atom. The second-order valence-electron chi connectivity index (χ2n) is 13.7. The van der Waals surface area contributed by atoms with E-state index >= 15 is 0 Å². The molecule has 4 N–H and O–H groups in total. The molecule has 2 rings (SSSR count). The third kappa shape index (κ3) is 13.9. The molecule has 0 bridgehead atoms. The van der Waals surface area contributed by atoms with E-state index in [4.69, 9.17) is 14.2 Å². The lowest BCUT2D eigenvalue weighted by Gasteiger charge is -2.31. The zero-order chi connectivity index (χ0) is 37.0. The Kier molecular flexibility index (Phi) is 14.2. The molecular formula is C37H48N2O10. The molecule has 0 radical (unpaired) electrons. The number of hydrogen-bond donors (Lipinski definition) is 4. The Hall–Kier alpha value is -5.13. The zero-order valence-electron chi connectivity index (χ0n) is 29.3. The van der Waals surface area contributed by atoms with Crippen LogP contribution in [0.3, 0.4) is 0 Å². The van der Waals surface area contributed by atoms with Crippen molar-refractivity contribution in [3.63, 3.8) is 0 Å². The third-order valence-corrected chi connectivity index (χ3v) is 7.10. The molecule has 12 heteroatoms. The van der Waals surface area contributed by atoms with Crippen molar-refractivity contribution in [1.29, 1.82) is 0 Å². The summed E-state index contributed by atoms with van der Waals surface area (Å²) >= 11 is 0. The van der Waals surface area contributed by atoms with Crippen molar-refractivity contribution >= 4 is 36.0 Å². The highest BCUT2D eigenvalue weighted by Crippen LogP contribution is 2.25. The van der Waals surface area contributed by atoms with Crippen molar-refractivity contribution in [2.24, 2.45) is 11.3 Å². The Morgan fingerprint density at radius 1 is 0.857 bits per heavy atom. The largest absolute Gasteiger partial charge is 0.508 e. The van der Waals surface area contributed by atoms with Crippen LogP contribution in [0.1, 0.15) is 79.0 Å². The van der Waals surface area contributed by atoms with Gasteiger partial charge in [-0.1, -0.05) is 67.6 Å². The number of carboxylic acid groups (broad SMARTS) is 1. The molecule has 0 aromatic heterocycles. The van der Waals surface area contributed by atoms with Gasteiger partial charge in [0, 0.05) is 18.9 Å². The topological polar surface area (TPSA) is 178 Å². The maximum Gasteiger partial charge on any atom is 0.407 e. The summed E-state index contributed by atoms with van der Waals surface area (Å²) in [6.07, 6.45) is 4.86. The van der Waals surface area contributed by atoms with Crippen molar-refractivity contribution in [3.05, 3.63) is 84.0 Å². The van der Waals surface area contributed by atoms with E-state index in [1.54, 1.807) is 34.6 Å². The number of aliphatic carboxylic acids is 1. The number of alkyl carbamates (subject to hydrolysis) is 1. The minimum Gasteiger partial charge on any atom is -0.508 e. The monoisotopic (exact) mass is 680 g/mol. The number of carbonyl (C=O) groups excluding carboxylic acids is 4. The number of phenols is 1. The second-order valence-corrected chi connectivity index (χ2v) is 13.7. The molecule has 0 spiro atoms. The van der Waals surface area contributed by atoms with Gasteiger partial charge >= 0.3 is 24.0 Å². The summed E-state index contributed by atoms with van der Waals surface area (Å²) in [5, 5.41) is 24.1. The van der Waals surface area contributed by atoms with Crippen molar-refractivity contribution in [1.82, 2.24) is 10.6 Å². The second kappa shape index (κ2) is 17.3. The lowest BCUT2D eigenvalue weighted by molar-refractivity contribution is -0.188. The number of aromatic hydroxyl groups is 1. The molecule has 2 aromatic carbocycles. The fourth-order valence-electron chi connectivity index (χ4n) is 4.15. The predicted molar refractivity (Wildman–Crippen MR) is 183 cm³/mol. The van der Waals surface area contributed by atoms with Crippen LogP contribution < -0.4 is 10.6 Å². The first-order chi connectivity index (χ1) is 22.7. The Bertz CT molecular complexity index is 1510. The number of esters is 2. The molecule has 2 aromatic rings. The number of carbonyl (C=O) groups is 5. The molecule has 12 nitrogen and oxygen atoms in total. The number of rotatable bonds is 15. The van der Waals surface area contributed by atoms with Gasteiger partial charge in [-0.3, -0.25) is 9.59 Å². The van der Waals surface area contributed by atoms with E-state index in [1.165, 1.54) is 44.2 Å². The number of amides is 2. The standard InChI is InChI=1S/C37H48N2O10/c1-24(17-18-25-13-10-9-11-14-25)28(15-12-16-29(41)39-30(31(42)43)26-19-21-27(40)22-20-26)47-33(45)37(7,8)48-32(44)36(5,6)23-38-34(46)49-35(2,3)4/h9-14,16-22,24,28,30,40H,15,23H2,1-8H3,(H,38,46)(H,39,41)(H,42,43)/b16-12+,18-17+. The quantitative estimate of drug-likeness (QED) is 0.103. The van der Waals surface area contributed by atoms with E-state index in [2.05, 4.69) is 10.6 Å². The average Bonchev–Trinajstić information content (AvgIpc) is 3.00. The van der Waals surface area contributed by atoms with Crippen LogP contribution in [0.5, 0.6) is 5.75 Å². The minimum atomic E-state index is -1.72. The molecule has 0 fully saturated rings. The molecule has 266 valence electrons. The summed E-state index contributed by atoms with van der Waals surface area (Å²) in [5.41, 5.74) is -2.48. The van der Waals surface area contributed by atoms with Gasteiger partial charge < -0.3 is 35.1 Å². The van der Waals surface area contributed by atoms with Crippen LogP contribution in [0.15, 0.2) is 72.8 Å². The van der Waals surface area contributed by atoms with Gasteiger partial charge in [0.15, 0.2) is 6.04 Å². The average molecular weight is 681 g/mol. The van der Waals surface area contributed by atoms with Crippen molar-refractivity contribution in [2.75, 3.05) is 6.54 Å². The molecule has 2 amide bonds. The summed E-state index contributed by atoms with van der Waals surface area (Å²) in [6.45, 7) is 12.7. The van der Waals surface area contributed by atoms with Crippen LogP contribution in [-0.2, 0) is 33.4 Å². The number of benzene rings is 2. The van der Waals surface area contributed by atoms with Gasteiger partial charge in [-0.25, -0.2) is 14.4 Å². The lowest BCUT2D eigenvalue weighted by Crippen LogP contribution is -2.47. The van der Waals surface area contributed by atoms with E-state index in [-0.39, 0.29) is 30.2 Å². The van der Waals surface area contributed by atoms with Crippen LogP contribution >= 0.6 is 0 Å². The number of hydrogen-bond acceptors (Lipinski definition) is 9. The SMILES string of the molecule is CC(/C=C/c1ccccc1)C(C/C=C/C(=O)NC(C(=O)O)c1ccc(O)cc1)OC(=O)C(C)(C)OC(=O)C(C)(C)CNC(=O)OC(C)(C)C. The molecule has 0 aliphatic rings. The van der Waals surface area contributed by atoms with E-state index in [0.717, 1.165) is 11.6 Å².